The molecule has 1 aliphatic heterocycles. The molecule has 0 spiro atoms. The number of aromatic amines is 1. The summed E-state index contributed by atoms with van der Waals surface area (Å²) >= 11 is 0. The number of carboxylic acid groups (broad SMARTS) is 1. The molecular weight excluding hydrogens is 348 g/mol. The van der Waals surface area contributed by atoms with Crippen molar-refractivity contribution in [2.45, 2.75) is 44.3 Å². The molecule has 0 radical (unpaired) electrons. The Morgan fingerprint density at radius 3 is 2.74 bits per heavy atom. The molecule has 2 amide bonds. The number of fused-ring (bicyclic) bond motifs is 1. The van der Waals surface area contributed by atoms with Crippen molar-refractivity contribution in [3.8, 4) is 0 Å². The third-order valence-corrected chi connectivity index (χ3v) is 4.84. The number of para-hydroxylation sites is 1. The quantitative estimate of drug-likeness (QED) is 0.485. The molecule has 0 aliphatic carbocycles. The molecule has 0 saturated carbocycles. The molecule has 1 saturated heterocycles. The molecule has 1 aromatic heterocycles. The van der Waals surface area contributed by atoms with Crippen molar-refractivity contribution in [1.29, 1.82) is 0 Å². The standard InChI is InChI=1S/C19H24N4O4/c1-11(19(26)27)22-18(25)16(23-17(24)15-7-4-8-20-15)9-12-10-21-14-6-3-2-5-13(12)14/h2-3,5-6,10-11,15-16,20-21H,4,7-9H2,1H3,(H,22,25)(H,23,24)(H,26,27). The van der Waals surface area contributed by atoms with Crippen LogP contribution in [0.5, 0.6) is 0 Å². The van der Waals surface area contributed by atoms with Crippen LogP contribution in [0.1, 0.15) is 25.3 Å². The van der Waals surface area contributed by atoms with Crippen LogP contribution in [0.3, 0.4) is 0 Å². The molecule has 1 aliphatic rings. The van der Waals surface area contributed by atoms with Crippen LogP contribution >= 0.6 is 0 Å². The second-order valence-electron chi connectivity index (χ2n) is 6.84. The highest BCUT2D eigenvalue weighted by atomic mass is 16.4. The fourth-order valence-corrected chi connectivity index (χ4v) is 3.29. The summed E-state index contributed by atoms with van der Waals surface area (Å²) in [7, 11) is 0. The average molecular weight is 372 g/mol. The number of nitrogens with one attached hydrogen (secondary N) is 4. The minimum Gasteiger partial charge on any atom is -0.480 e. The largest absolute Gasteiger partial charge is 0.480 e. The first-order valence-corrected chi connectivity index (χ1v) is 9.07. The van der Waals surface area contributed by atoms with E-state index in [1.165, 1.54) is 6.92 Å². The van der Waals surface area contributed by atoms with Gasteiger partial charge in [-0.05, 0) is 37.9 Å². The van der Waals surface area contributed by atoms with E-state index < -0.39 is 24.0 Å². The second kappa shape index (κ2) is 8.22. The van der Waals surface area contributed by atoms with Crippen LogP contribution in [0.15, 0.2) is 30.5 Å². The van der Waals surface area contributed by atoms with Crippen molar-refractivity contribution in [2.24, 2.45) is 0 Å². The molecule has 2 aromatic rings. The molecule has 3 atom stereocenters. The first-order valence-electron chi connectivity index (χ1n) is 9.07. The van der Waals surface area contributed by atoms with Gasteiger partial charge < -0.3 is 26.0 Å². The van der Waals surface area contributed by atoms with E-state index in [4.69, 9.17) is 5.11 Å². The number of benzene rings is 1. The van der Waals surface area contributed by atoms with E-state index >= 15 is 0 Å². The third-order valence-electron chi connectivity index (χ3n) is 4.84. The Kier molecular flexibility index (Phi) is 5.75. The first-order chi connectivity index (χ1) is 13.0. The molecule has 8 nitrogen and oxygen atoms in total. The number of aliphatic carboxylic acids is 1. The lowest BCUT2D eigenvalue weighted by atomic mass is 10.0. The van der Waals surface area contributed by atoms with E-state index in [1.54, 1.807) is 0 Å². The normalized spacial score (nSPS) is 18.8. The molecular formula is C19H24N4O4. The summed E-state index contributed by atoms with van der Waals surface area (Å²) in [5.41, 5.74) is 1.82. The fraction of sp³-hybridized carbons (Fsp3) is 0.421. The molecule has 5 N–H and O–H groups in total. The van der Waals surface area contributed by atoms with Gasteiger partial charge in [-0.25, -0.2) is 0 Å². The summed E-state index contributed by atoms with van der Waals surface area (Å²) in [5.74, 6) is -1.88. The lowest BCUT2D eigenvalue weighted by molar-refractivity contribution is -0.141. The van der Waals surface area contributed by atoms with Crippen molar-refractivity contribution < 1.29 is 19.5 Å². The molecule has 8 heteroatoms. The van der Waals surface area contributed by atoms with Crippen molar-refractivity contribution in [1.82, 2.24) is 20.9 Å². The Balaban J connectivity index is 1.78. The van der Waals surface area contributed by atoms with Crippen molar-refractivity contribution in [3.63, 3.8) is 0 Å². The number of aromatic nitrogens is 1. The molecule has 1 aromatic carbocycles. The fourth-order valence-electron chi connectivity index (χ4n) is 3.29. The summed E-state index contributed by atoms with van der Waals surface area (Å²) in [4.78, 5) is 39.4. The molecule has 1 fully saturated rings. The Morgan fingerprint density at radius 2 is 2.04 bits per heavy atom. The topological polar surface area (TPSA) is 123 Å². The molecule has 27 heavy (non-hydrogen) atoms. The third kappa shape index (κ3) is 4.46. The zero-order valence-corrected chi connectivity index (χ0v) is 15.1. The molecule has 144 valence electrons. The van der Waals surface area contributed by atoms with Gasteiger partial charge in [0.1, 0.15) is 12.1 Å². The number of amides is 2. The first kappa shape index (κ1) is 18.9. The van der Waals surface area contributed by atoms with Gasteiger partial charge in [-0.1, -0.05) is 18.2 Å². The second-order valence-corrected chi connectivity index (χ2v) is 6.84. The zero-order valence-electron chi connectivity index (χ0n) is 15.1. The summed E-state index contributed by atoms with van der Waals surface area (Å²) < 4.78 is 0. The monoisotopic (exact) mass is 372 g/mol. The van der Waals surface area contributed by atoms with Crippen molar-refractivity contribution in [3.05, 3.63) is 36.0 Å². The Bertz CT molecular complexity index is 841. The molecule has 0 bridgehead atoms. The number of carbonyl (C=O) groups is 3. The molecule has 3 unspecified atom stereocenters. The number of hydrogen-bond donors (Lipinski definition) is 5. The van der Waals surface area contributed by atoms with Gasteiger partial charge >= 0.3 is 5.97 Å². The summed E-state index contributed by atoms with van der Waals surface area (Å²) in [6.45, 7) is 2.16. The van der Waals surface area contributed by atoms with Crippen LogP contribution < -0.4 is 16.0 Å². The van der Waals surface area contributed by atoms with Crippen LogP contribution in [0, 0.1) is 0 Å². The van der Waals surface area contributed by atoms with E-state index in [1.807, 2.05) is 30.5 Å². The number of carboxylic acids is 1. The van der Waals surface area contributed by atoms with Gasteiger partial charge in [-0.15, -0.1) is 0 Å². The van der Waals surface area contributed by atoms with Crippen molar-refractivity contribution >= 4 is 28.7 Å². The van der Waals surface area contributed by atoms with Gasteiger partial charge in [-0.2, -0.15) is 0 Å². The van der Waals surface area contributed by atoms with E-state index in [2.05, 4.69) is 20.9 Å². The van der Waals surface area contributed by atoms with Crippen LogP contribution in [-0.4, -0.2) is 52.5 Å². The number of H-pyrrole nitrogens is 1. The Hall–Kier alpha value is -2.87. The van der Waals surface area contributed by atoms with Gasteiger partial charge in [0.05, 0.1) is 6.04 Å². The summed E-state index contributed by atoms with van der Waals surface area (Å²) in [6.07, 6.45) is 3.71. The smallest absolute Gasteiger partial charge is 0.325 e. The van der Waals surface area contributed by atoms with Gasteiger partial charge in [0.25, 0.3) is 0 Å². The lowest BCUT2D eigenvalue weighted by Crippen LogP contribution is -2.54. The highest BCUT2D eigenvalue weighted by molar-refractivity contribution is 5.93. The highest BCUT2D eigenvalue weighted by Crippen LogP contribution is 2.19. The maximum Gasteiger partial charge on any atom is 0.325 e. The average Bonchev–Trinajstić information content (AvgIpc) is 3.31. The number of carbonyl (C=O) groups excluding carboxylic acids is 2. The van der Waals surface area contributed by atoms with Crippen LogP contribution in [-0.2, 0) is 20.8 Å². The SMILES string of the molecule is CC(NC(=O)C(Cc1c[nH]c2ccccc12)NC(=O)C1CCCN1)C(=O)O. The van der Waals surface area contributed by atoms with Crippen molar-refractivity contribution in [2.75, 3.05) is 6.54 Å². The molecule has 2 heterocycles. The predicted molar refractivity (Wildman–Crippen MR) is 100 cm³/mol. The minimum absolute atomic E-state index is 0.240. The van der Waals surface area contributed by atoms with E-state index in [0.29, 0.717) is 0 Å². The van der Waals surface area contributed by atoms with E-state index in [-0.39, 0.29) is 18.4 Å². The number of rotatable bonds is 7. The zero-order chi connectivity index (χ0) is 19.4. The van der Waals surface area contributed by atoms with Crippen LogP contribution in [0.2, 0.25) is 0 Å². The van der Waals surface area contributed by atoms with Gasteiger partial charge in [0, 0.05) is 23.5 Å². The number of hydrogen-bond acceptors (Lipinski definition) is 4. The Morgan fingerprint density at radius 1 is 1.26 bits per heavy atom. The van der Waals surface area contributed by atoms with Gasteiger partial charge in [-0.3, -0.25) is 14.4 Å². The minimum atomic E-state index is -1.13. The molecule has 3 rings (SSSR count). The highest BCUT2D eigenvalue weighted by Gasteiger charge is 2.29. The van der Waals surface area contributed by atoms with Gasteiger partial charge in [0.2, 0.25) is 11.8 Å². The Labute approximate surface area is 156 Å². The maximum atomic E-state index is 12.7. The lowest BCUT2D eigenvalue weighted by Gasteiger charge is -2.21. The van der Waals surface area contributed by atoms with Crippen LogP contribution in [0.25, 0.3) is 10.9 Å². The van der Waals surface area contributed by atoms with Crippen LogP contribution in [0.4, 0.5) is 0 Å². The summed E-state index contributed by atoms with van der Waals surface area (Å²) in [6, 6.07) is 5.47. The summed E-state index contributed by atoms with van der Waals surface area (Å²) in [5, 5.41) is 18.4. The van der Waals surface area contributed by atoms with E-state index in [0.717, 1.165) is 35.9 Å². The van der Waals surface area contributed by atoms with E-state index in [9.17, 15) is 14.4 Å². The predicted octanol–water partition coefficient (Wildman–Crippen LogP) is 0.536. The van der Waals surface area contributed by atoms with Gasteiger partial charge in [0.15, 0.2) is 0 Å². The maximum absolute atomic E-state index is 12.7.